The van der Waals surface area contributed by atoms with E-state index in [0.717, 1.165) is 33.2 Å². The molecule has 0 bridgehead atoms. The van der Waals surface area contributed by atoms with Gasteiger partial charge in [-0.25, -0.2) is 4.98 Å². The number of nitrogens with zero attached hydrogens (tertiary/aromatic N) is 2. The lowest BCUT2D eigenvalue weighted by Gasteiger charge is -2.13. The molecule has 0 saturated carbocycles. The van der Waals surface area contributed by atoms with E-state index in [1.165, 1.54) is 7.11 Å². The van der Waals surface area contributed by atoms with Gasteiger partial charge in [-0.05, 0) is 37.3 Å². The average Bonchev–Trinajstić information content (AvgIpc) is 3.34. The van der Waals surface area contributed by atoms with Gasteiger partial charge in [-0.2, -0.15) is 0 Å². The number of anilines is 1. The topological polar surface area (TPSA) is 108 Å². The third kappa shape index (κ3) is 7.14. The lowest BCUT2D eigenvalue weighted by Crippen LogP contribution is -2.19. The number of ether oxygens (including phenoxy) is 4. The Bertz CT molecular complexity index is 1310. The molecule has 4 rings (SSSR count). The van der Waals surface area contributed by atoms with Crippen molar-refractivity contribution in [3.05, 3.63) is 66.0 Å². The maximum atomic E-state index is 12.2. The Morgan fingerprint density at radius 1 is 1.05 bits per heavy atom. The number of H-pyrrole nitrogens is 1. The summed E-state index contributed by atoms with van der Waals surface area (Å²) in [6, 6.07) is 15.0. The number of para-hydroxylation sites is 2. The zero-order valence-corrected chi connectivity index (χ0v) is 21.9. The van der Waals surface area contributed by atoms with Crippen molar-refractivity contribution in [3.63, 3.8) is 0 Å². The molecule has 0 saturated heterocycles. The Hall–Kier alpha value is -3.76. The van der Waals surface area contributed by atoms with Gasteiger partial charge < -0.3 is 29.2 Å². The maximum absolute atomic E-state index is 12.2. The van der Waals surface area contributed by atoms with E-state index in [0.29, 0.717) is 42.6 Å². The van der Waals surface area contributed by atoms with E-state index in [2.05, 4.69) is 20.3 Å². The number of carbonyl (C=O) groups is 1. The molecule has 0 radical (unpaired) electrons. The van der Waals surface area contributed by atoms with E-state index in [9.17, 15) is 4.79 Å². The van der Waals surface area contributed by atoms with Gasteiger partial charge in [0.15, 0.2) is 5.16 Å². The normalized spacial score (nSPS) is 10.9. The first kappa shape index (κ1) is 26.3. The fourth-order valence-electron chi connectivity index (χ4n) is 3.59. The number of aromatic amines is 1. The smallest absolute Gasteiger partial charge is 0.250 e. The highest BCUT2D eigenvalue weighted by molar-refractivity contribution is 7.98. The summed E-state index contributed by atoms with van der Waals surface area (Å²) in [5.41, 5.74) is 4.48. The van der Waals surface area contributed by atoms with Crippen LogP contribution in [-0.4, -0.2) is 54.9 Å². The van der Waals surface area contributed by atoms with Crippen LogP contribution in [-0.2, 0) is 15.3 Å². The number of pyridine rings is 1. The Morgan fingerprint density at radius 2 is 1.92 bits per heavy atom. The third-order valence-electron chi connectivity index (χ3n) is 5.58. The Morgan fingerprint density at radius 3 is 2.73 bits per heavy atom. The average molecular weight is 523 g/mol. The van der Waals surface area contributed by atoms with Gasteiger partial charge in [0.05, 0.1) is 49.8 Å². The quantitative estimate of drug-likeness (QED) is 0.187. The number of benzene rings is 2. The molecule has 0 fully saturated rings. The molecule has 1 amide bonds. The van der Waals surface area contributed by atoms with E-state index in [-0.39, 0.29) is 12.5 Å². The van der Waals surface area contributed by atoms with Crippen LogP contribution in [0.4, 0.5) is 5.69 Å². The first-order chi connectivity index (χ1) is 18.1. The van der Waals surface area contributed by atoms with Crippen molar-refractivity contribution in [1.82, 2.24) is 15.0 Å². The highest BCUT2D eigenvalue weighted by Crippen LogP contribution is 2.29. The van der Waals surface area contributed by atoms with Gasteiger partial charge in [0.2, 0.25) is 5.91 Å². The van der Waals surface area contributed by atoms with E-state index in [1.807, 2.05) is 37.3 Å². The molecular formula is C27H30N4O5S. The largest absolute Gasteiger partial charge is 0.497 e. The van der Waals surface area contributed by atoms with E-state index in [1.54, 1.807) is 43.3 Å². The lowest BCUT2D eigenvalue weighted by molar-refractivity contribution is -0.120. The van der Waals surface area contributed by atoms with Crippen molar-refractivity contribution in [3.8, 4) is 17.2 Å². The molecule has 2 aromatic carbocycles. The second kappa shape index (κ2) is 13.0. The Balaban J connectivity index is 1.18. The summed E-state index contributed by atoms with van der Waals surface area (Å²) in [4.78, 5) is 24.7. The van der Waals surface area contributed by atoms with Gasteiger partial charge in [-0.3, -0.25) is 9.78 Å². The molecule has 0 atom stereocenters. The number of carbonyl (C=O) groups excluding carboxylic acids is 1. The van der Waals surface area contributed by atoms with Crippen molar-refractivity contribution in [2.24, 2.45) is 0 Å². The summed E-state index contributed by atoms with van der Waals surface area (Å²) in [7, 11) is 3.11. The molecule has 194 valence electrons. The van der Waals surface area contributed by atoms with Crippen LogP contribution in [0.15, 0.2) is 59.9 Å². The van der Waals surface area contributed by atoms with E-state index >= 15 is 0 Å². The molecule has 4 aromatic rings. The van der Waals surface area contributed by atoms with Crippen molar-refractivity contribution >= 4 is 34.4 Å². The molecule has 2 N–H and O–H groups in total. The minimum atomic E-state index is -0.263. The summed E-state index contributed by atoms with van der Waals surface area (Å²) in [5, 5.41) is 3.64. The number of hydrogen-bond donors (Lipinski definition) is 2. The minimum absolute atomic E-state index is 0.0629. The summed E-state index contributed by atoms with van der Waals surface area (Å²) in [6.07, 6.45) is 2.40. The molecule has 10 heteroatoms. The zero-order chi connectivity index (χ0) is 26.0. The van der Waals surface area contributed by atoms with E-state index < -0.39 is 0 Å². The standard InChI is InChI=1S/C27H30N4O5S/c1-18-23(17-37-27-30-20-7-4-5-8-21(20)31-27)28-12-11-24(18)36-14-6-13-35-16-26(32)29-22-10-9-19(33-2)15-25(22)34-3/h4-5,7-12,15H,6,13-14,16-17H2,1-3H3,(H,29,32)(H,30,31). The van der Waals surface area contributed by atoms with Gasteiger partial charge >= 0.3 is 0 Å². The molecule has 0 aliphatic carbocycles. The fraction of sp³-hybridized carbons (Fsp3) is 0.296. The van der Waals surface area contributed by atoms with Gasteiger partial charge in [-0.1, -0.05) is 23.9 Å². The number of nitrogens with one attached hydrogen (secondary N) is 2. The SMILES string of the molecule is COc1ccc(NC(=O)COCCCOc2ccnc(CSc3nc4ccccc4[nH]3)c2C)c(OC)c1. The van der Waals surface area contributed by atoms with Crippen LogP contribution in [0.5, 0.6) is 17.2 Å². The summed E-state index contributed by atoms with van der Waals surface area (Å²) >= 11 is 1.61. The summed E-state index contributed by atoms with van der Waals surface area (Å²) < 4.78 is 21.9. The first-order valence-corrected chi connectivity index (χ1v) is 12.8. The predicted molar refractivity (Wildman–Crippen MR) is 144 cm³/mol. The minimum Gasteiger partial charge on any atom is -0.497 e. The maximum Gasteiger partial charge on any atom is 0.250 e. The molecule has 2 heterocycles. The number of rotatable bonds is 13. The molecule has 0 unspecified atom stereocenters. The number of hydrogen-bond acceptors (Lipinski definition) is 8. The first-order valence-electron chi connectivity index (χ1n) is 11.8. The molecule has 9 nitrogen and oxygen atoms in total. The van der Waals surface area contributed by atoms with Crippen molar-refractivity contribution in [2.75, 3.05) is 39.4 Å². The van der Waals surface area contributed by atoms with Crippen LogP contribution in [0.25, 0.3) is 11.0 Å². The molecule has 37 heavy (non-hydrogen) atoms. The summed E-state index contributed by atoms with van der Waals surface area (Å²) in [5.74, 6) is 2.37. The predicted octanol–water partition coefficient (Wildman–Crippen LogP) is 5.00. The zero-order valence-electron chi connectivity index (χ0n) is 21.1. The van der Waals surface area contributed by atoms with Gasteiger partial charge in [0.25, 0.3) is 0 Å². The number of fused-ring (bicyclic) bond motifs is 1. The number of imidazole rings is 1. The molecule has 0 aliphatic rings. The number of amides is 1. The van der Waals surface area contributed by atoms with Crippen LogP contribution >= 0.6 is 11.8 Å². The van der Waals surface area contributed by atoms with Crippen LogP contribution in [0.1, 0.15) is 17.7 Å². The van der Waals surface area contributed by atoms with Gasteiger partial charge in [0.1, 0.15) is 23.9 Å². The molecule has 2 aromatic heterocycles. The van der Waals surface area contributed by atoms with Crippen molar-refractivity contribution < 1.29 is 23.7 Å². The van der Waals surface area contributed by atoms with Crippen molar-refractivity contribution in [2.45, 2.75) is 24.3 Å². The van der Waals surface area contributed by atoms with Gasteiger partial charge in [0, 0.05) is 30.0 Å². The highest BCUT2D eigenvalue weighted by Gasteiger charge is 2.11. The van der Waals surface area contributed by atoms with E-state index in [4.69, 9.17) is 18.9 Å². The van der Waals surface area contributed by atoms with Crippen LogP contribution in [0.3, 0.4) is 0 Å². The fourth-order valence-corrected chi connectivity index (χ4v) is 4.50. The second-order valence-corrected chi connectivity index (χ2v) is 9.06. The lowest BCUT2D eigenvalue weighted by atomic mass is 10.2. The third-order valence-corrected chi connectivity index (χ3v) is 6.46. The Labute approximate surface area is 219 Å². The summed E-state index contributed by atoms with van der Waals surface area (Å²) in [6.45, 7) is 2.80. The van der Waals surface area contributed by atoms with Crippen molar-refractivity contribution in [1.29, 1.82) is 0 Å². The number of thioether (sulfide) groups is 1. The van der Waals surface area contributed by atoms with Crippen LogP contribution in [0.2, 0.25) is 0 Å². The number of methoxy groups -OCH3 is 2. The molecule has 0 aliphatic heterocycles. The second-order valence-electron chi connectivity index (χ2n) is 8.10. The molecular weight excluding hydrogens is 492 g/mol. The Kier molecular flexibility index (Phi) is 9.23. The van der Waals surface area contributed by atoms with Gasteiger partial charge in [-0.15, -0.1) is 0 Å². The van der Waals surface area contributed by atoms with Crippen LogP contribution in [0, 0.1) is 6.92 Å². The highest BCUT2D eigenvalue weighted by atomic mass is 32.2. The van der Waals surface area contributed by atoms with Crippen LogP contribution < -0.4 is 19.5 Å². The molecule has 0 spiro atoms. The monoisotopic (exact) mass is 522 g/mol. The number of aromatic nitrogens is 3.